The largest absolute Gasteiger partial charge is 0.573 e. The van der Waals surface area contributed by atoms with Crippen LogP contribution in [-0.2, 0) is 20.0 Å². The first-order chi connectivity index (χ1) is 37.7. The third-order valence-corrected chi connectivity index (χ3v) is 12.3. The van der Waals surface area contributed by atoms with Crippen LogP contribution in [0.2, 0.25) is 0 Å². The van der Waals surface area contributed by atoms with Crippen molar-refractivity contribution in [3.8, 4) is 11.5 Å². The molecule has 0 spiro atoms. The van der Waals surface area contributed by atoms with Gasteiger partial charge in [0.25, 0.3) is 0 Å². The van der Waals surface area contributed by atoms with Crippen LogP contribution < -0.4 is 61.9 Å². The van der Waals surface area contributed by atoms with E-state index in [4.69, 9.17) is 10.3 Å². The average Bonchev–Trinajstić information content (AvgIpc) is 3.41. The van der Waals surface area contributed by atoms with Gasteiger partial charge in [0.2, 0.25) is 31.9 Å². The normalized spacial score (nSPS) is 11.4. The van der Waals surface area contributed by atoms with Crippen LogP contribution in [-0.4, -0.2) is 68.6 Å². The van der Waals surface area contributed by atoms with Crippen molar-refractivity contribution in [3.63, 3.8) is 0 Å². The second-order valence-corrected chi connectivity index (χ2v) is 19.5. The molecular formula is C50H44F6N14O8S2. The van der Waals surface area contributed by atoms with E-state index in [1.54, 1.807) is 85.6 Å². The molecule has 0 saturated heterocycles. The number of nitrogens with zero attached hydrogens (tertiary/aromatic N) is 5. The zero-order chi connectivity index (χ0) is 57.8. The summed E-state index contributed by atoms with van der Waals surface area (Å²) in [6, 6.07) is 35.2. The summed E-state index contributed by atoms with van der Waals surface area (Å²) < 4.78 is 128. The number of anilines is 12. The van der Waals surface area contributed by atoms with Crippen LogP contribution in [0.25, 0.3) is 0 Å². The molecule has 0 atom stereocenters. The molecule has 0 unspecified atom stereocenters. The number of carbonyl (C=O) groups is 2. The molecule has 6 aromatic carbocycles. The molecule has 2 aromatic heterocycles. The van der Waals surface area contributed by atoms with Gasteiger partial charge in [0.05, 0.1) is 9.79 Å². The lowest BCUT2D eigenvalue weighted by Crippen LogP contribution is -2.20. The Balaban J connectivity index is 0.000000231. The maximum Gasteiger partial charge on any atom is 0.573 e. The zero-order valence-electron chi connectivity index (χ0n) is 41.3. The highest BCUT2D eigenvalue weighted by molar-refractivity contribution is 7.89. The minimum atomic E-state index is -4.81. The Morgan fingerprint density at radius 1 is 0.512 bits per heavy atom. The van der Waals surface area contributed by atoms with Crippen LogP contribution >= 0.6 is 0 Å². The minimum Gasteiger partial charge on any atom is -0.406 e. The van der Waals surface area contributed by atoms with E-state index in [1.807, 2.05) is 0 Å². The van der Waals surface area contributed by atoms with Crippen molar-refractivity contribution in [1.29, 1.82) is 0 Å². The van der Waals surface area contributed by atoms with Crippen LogP contribution in [0.3, 0.4) is 0 Å². The molecule has 11 N–H and O–H groups in total. The first-order valence-electron chi connectivity index (χ1n) is 22.8. The zero-order valence-corrected chi connectivity index (χ0v) is 43.0. The highest BCUT2D eigenvalue weighted by atomic mass is 32.2. The number of benzene rings is 6. The van der Waals surface area contributed by atoms with Gasteiger partial charge in [0.1, 0.15) is 23.1 Å². The number of nitrogens with one attached hydrogen (secondary N) is 7. The molecule has 0 bridgehead atoms. The number of sulfonamides is 2. The molecule has 0 aliphatic rings. The third kappa shape index (κ3) is 17.6. The van der Waals surface area contributed by atoms with E-state index >= 15 is 0 Å². The highest BCUT2D eigenvalue weighted by Gasteiger charge is 2.32. The number of primary sulfonamides is 2. The SMILES string of the molecule is CN(c1cccc(NC(=O)Nc2ccc(OC(F)(F)F)cc2)c1)c1ccnc(Nc2cccc(S(N)(=O)=O)c2)n1.Cc1c(NC(=O)Nc2ccc(OC(F)(F)F)cc2)cccc1Nc1ccnc(Nc2cccc(S(N)(=O)=O)c2)n1. The van der Waals surface area contributed by atoms with Gasteiger partial charge in [0, 0.05) is 64.9 Å². The number of hydrogen-bond donors (Lipinski definition) is 9. The van der Waals surface area contributed by atoms with Crippen molar-refractivity contribution < 1.29 is 62.2 Å². The Morgan fingerprint density at radius 2 is 0.963 bits per heavy atom. The van der Waals surface area contributed by atoms with Gasteiger partial charge < -0.3 is 51.6 Å². The summed E-state index contributed by atoms with van der Waals surface area (Å²) in [5, 5.41) is 29.8. The van der Waals surface area contributed by atoms with E-state index in [1.165, 1.54) is 73.1 Å². The lowest BCUT2D eigenvalue weighted by Gasteiger charge is -2.20. The topological polar surface area (TPSA) is 312 Å². The molecule has 416 valence electrons. The molecule has 0 saturated carbocycles. The lowest BCUT2D eigenvalue weighted by atomic mass is 10.1. The maximum absolute atomic E-state index is 12.5. The maximum atomic E-state index is 12.5. The number of urea groups is 2. The van der Waals surface area contributed by atoms with Gasteiger partial charge in [-0.3, -0.25) is 0 Å². The van der Waals surface area contributed by atoms with E-state index in [0.29, 0.717) is 51.3 Å². The Bertz CT molecular complexity index is 3740. The molecule has 2 heterocycles. The fourth-order valence-corrected chi connectivity index (χ4v) is 7.99. The van der Waals surface area contributed by atoms with E-state index in [0.717, 1.165) is 24.3 Å². The number of alkyl halides is 6. The predicted octanol–water partition coefficient (Wildman–Crippen LogP) is 10.6. The molecule has 0 radical (unpaired) electrons. The van der Waals surface area contributed by atoms with Crippen LogP contribution in [0.1, 0.15) is 5.56 Å². The number of nitrogens with two attached hydrogens (primary N) is 2. The first-order valence-corrected chi connectivity index (χ1v) is 25.8. The van der Waals surface area contributed by atoms with E-state index in [-0.39, 0.29) is 33.1 Å². The number of hydrogen-bond acceptors (Lipinski definition) is 16. The van der Waals surface area contributed by atoms with Gasteiger partial charge in [0.15, 0.2) is 0 Å². The number of aromatic nitrogens is 4. The molecule has 80 heavy (non-hydrogen) atoms. The molecule has 4 amide bonds. The summed E-state index contributed by atoms with van der Waals surface area (Å²) in [4.78, 5) is 43.7. The number of carbonyl (C=O) groups excluding carboxylic acids is 2. The summed E-state index contributed by atoms with van der Waals surface area (Å²) in [6.07, 6.45) is -6.60. The molecule has 30 heteroatoms. The van der Waals surface area contributed by atoms with Crippen molar-refractivity contribution in [1.82, 2.24) is 19.9 Å². The minimum absolute atomic E-state index is 0.0633. The summed E-state index contributed by atoms with van der Waals surface area (Å²) >= 11 is 0. The summed E-state index contributed by atoms with van der Waals surface area (Å²) in [6.45, 7) is 1.76. The van der Waals surface area contributed by atoms with Gasteiger partial charge in [-0.2, -0.15) is 9.97 Å². The smallest absolute Gasteiger partial charge is 0.406 e. The lowest BCUT2D eigenvalue weighted by molar-refractivity contribution is -0.275. The van der Waals surface area contributed by atoms with Crippen LogP contribution in [0.15, 0.2) is 174 Å². The molecule has 8 aromatic rings. The molecule has 0 fully saturated rings. The molecule has 22 nitrogen and oxygen atoms in total. The fourth-order valence-electron chi connectivity index (χ4n) is 6.87. The van der Waals surface area contributed by atoms with Crippen LogP contribution in [0.4, 0.5) is 105 Å². The van der Waals surface area contributed by atoms with Gasteiger partial charge >= 0.3 is 24.8 Å². The van der Waals surface area contributed by atoms with Gasteiger partial charge in [-0.1, -0.05) is 24.3 Å². The van der Waals surface area contributed by atoms with Gasteiger partial charge in [-0.05, 0) is 140 Å². The van der Waals surface area contributed by atoms with Crippen molar-refractivity contribution >= 4 is 101 Å². The van der Waals surface area contributed by atoms with Crippen LogP contribution in [0.5, 0.6) is 11.5 Å². The Hall–Kier alpha value is -9.78. The number of ether oxygens (including phenoxy) is 2. The molecule has 0 aliphatic carbocycles. The third-order valence-electron chi connectivity index (χ3n) is 10.5. The second kappa shape index (κ2) is 24.7. The van der Waals surface area contributed by atoms with Gasteiger partial charge in [-0.25, -0.2) is 46.7 Å². The number of amides is 4. The van der Waals surface area contributed by atoms with E-state index in [9.17, 15) is 52.8 Å². The van der Waals surface area contributed by atoms with E-state index in [2.05, 4.69) is 66.6 Å². The number of halogens is 6. The quantitative estimate of drug-likeness (QED) is 0.0406. The molecule has 0 aliphatic heterocycles. The Kier molecular flexibility index (Phi) is 17.9. The summed E-state index contributed by atoms with van der Waals surface area (Å²) in [5.74, 6) is 0.474. The van der Waals surface area contributed by atoms with Crippen LogP contribution in [0, 0.1) is 6.92 Å². The molecular weight excluding hydrogens is 1100 g/mol. The monoisotopic (exact) mass is 1150 g/mol. The number of rotatable bonds is 16. The van der Waals surface area contributed by atoms with Crippen molar-refractivity contribution in [2.45, 2.75) is 29.4 Å². The van der Waals surface area contributed by atoms with Crippen molar-refractivity contribution in [2.75, 3.05) is 49.2 Å². The van der Waals surface area contributed by atoms with Crippen molar-refractivity contribution in [3.05, 3.63) is 170 Å². The average molecular weight is 1150 g/mol. The second-order valence-electron chi connectivity index (χ2n) is 16.4. The highest BCUT2D eigenvalue weighted by Crippen LogP contribution is 2.30. The van der Waals surface area contributed by atoms with Crippen molar-refractivity contribution in [2.24, 2.45) is 10.3 Å². The first kappa shape index (κ1) is 57.9. The predicted molar refractivity (Wildman–Crippen MR) is 287 cm³/mol. The summed E-state index contributed by atoms with van der Waals surface area (Å²) in [5.41, 5.74) is 4.20. The van der Waals surface area contributed by atoms with Gasteiger partial charge in [-0.15, -0.1) is 26.3 Å². The fraction of sp³-hybridized carbons (Fsp3) is 0.0800. The molecule has 8 rings (SSSR count). The summed E-state index contributed by atoms with van der Waals surface area (Å²) in [7, 11) is -6.01. The Labute approximate surface area is 451 Å². The standard InChI is InChI=1S/2C25H22F3N7O4S/c1-35(22-12-13-30-23(34-22)31-18-5-3-7-21(15-18)40(29,37)38)19-6-2-4-17(14-19)33-24(36)32-16-8-10-20(11-9-16)39-25(26,27)28;1-15-20(33-22-12-13-30-23(35-22)31-17-4-2-5-19(14-17)40(29,37)38)6-3-7-21(15)34-24(36)32-16-8-10-18(11-9-16)39-25(26,27)28/h2-15H,1H3,(H2,29,37,38)(H,30,31,34)(H2,32,33,36);2-14H,1H3,(H2,29,37,38)(H2,32,34,36)(H2,30,31,33,35). The Morgan fingerprint density at radius 3 is 1.49 bits per heavy atom. The van der Waals surface area contributed by atoms with E-state index < -0.39 is 56.3 Å².